The summed E-state index contributed by atoms with van der Waals surface area (Å²) in [5.74, 6) is 0.196. The van der Waals surface area contributed by atoms with Crippen molar-refractivity contribution in [3.05, 3.63) is 52.7 Å². The summed E-state index contributed by atoms with van der Waals surface area (Å²) in [6.45, 7) is 1.91. The van der Waals surface area contributed by atoms with Gasteiger partial charge in [0.05, 0.1) is 10.6 Å². The quantitative estimate of drug-likeness (QED) is 0.674. The van der Waals surface area contributed by atoms with Gasteiger partial charge < -0.3 is 4.42 Å². The lowest BCUT2D eigenvalue weighted by Gasteiger charge is -2.07. The summed E-state index contributed by atoms with van der Waals surface area (Å²) < 4.78 is 43.3. The summed E-state index contributed by atoms with van der Waals surface area (Å²) in [7, 11) is 0. The van der Waals surface area contributed by atoms with Crippen molar-refractivity contribution in [2.75, 3.05) is 0 Å². The third-order valence-corrected chi connectivity index (χ3v) is 3.35. The van der Waals surface area contributed by atoms with E-state index < -0.39 is 11.7 Å². The van der Waals surface area contributed by atoms with Crippen LogP contribution in [0.2, 0.25) is 5.02 Å². The Morgan fingerprint density at radius 1 is 1.09 bits per heavy atom. The van der Waals surface area contributed by atoms with Crippen LogP contribution in [-0.4, -0.2) is 15.2 Å². The highest BCUT2D eigenvalue weighted by atomic mass is 35.5. The molecule has 0 aliphatic carbocycles. The van der Waals surface area contributed by atoms with Crippen LogP contribution < -0.4 is 0 Å². The largest absolute Gasteiger partial charge is 0.417 e. The van der Waals surface area contributed by atoms with Crippen LogP contribution in [0.15, 0.2) is 40.9 Å². The molecule has 0 fully saturated rings. The summed E-state index contributed by atoms with van der Waals surface area (Å²) in [5.41, 5.74) is 0.774. The van der Waals surface area contributed by atoms with Gasteiger partial charge in [-0.3, -0.25) is 0 Å². The molecule has 0 saturated heterocycles. The average molecular weight is 340 g/mol. The molecule has 0 bridgehead atoms. The van der Waals surface area contributed by atoms with Gasteiger partial charge in [-0.05, 0) is 25.1 Å². The van der Waals surface area contributed by atoms with Gasteiger partial charge in [0.1, 0.15) is 5.69 Å². The van der Waals surface area contributed by atoms with Crippen molar-refractivity contribution in [1.82, 2.24) is 15.2 Å². The number of hydrogen-bond donors (Lipinski definition) is 0. The molecular formula is C15H9ClF3N3O. The zero-order chi connectivity index (χ0) is 16.6. The van der Waals surface area contributed by atoms with Gasteiger partial charge in [-0.2, -0.15) is 13.2 Å². The fourth-order valence-electron chi connectivity index (χ4n) is 1.96. The first-order valence-corrected chi connectivity index (χ1v) is 6.86. The number of rotatable bonds is 2. The van der Waals surface area contributed by atoms with Crippen molar-refractivity contribution in [3.8, 4) is 23.0 Å². The minimum Gasteiger partial charge on any atom is -0.415 e. The van der Waals surface area contributed by atoms with Crippen LogP contribution in [0.4, 0.5) is 13.2 Å². The highest BCUT2D eigenvalue weighted by molar-refractivity contribution is 6.32. The molecule has 23 heavy (non-hydrogen) atoms. The van der Waals surface area contributed by atoms with E-state index in [1.807, 2.05) is 25.1 Å². The van der Waals surface area contributed by atoms with Crippen LogP contribution in [-0.2, 0) is 6.18 Å². The van der Waals surface area contributed by atoms with Crippen molar-refractivity contribution in [3.63, 3.8) is 0 Å². The van der Waals surface area contributed by atoms with E-state index >= 15 is 0 Å². The Bertz CT molecular complexity index is 861. The number of alkyl halides is 3. The van der Waals surface area contributed by atoms with E-state index in [4.69, 9.17) is 16.0 Å². The third kappa shape index (κ3) is 3.19. The molecule has 2 heterocycles. The van der Waals surface area contributed by atoms with Gasteiger partial charge in [0.25, 0.3) is 5.89 Å². The fraction of sp³-hybridized carbons (Fsp3) is 0.133. The monoisotopic (exact) mass is 339 g/mol. The second-order valence-electron chi connectivity index (χ2n) is 4.83. The van der Waals surface area contributed by atoms with E-state index in [9.17, 15) is 13.2 Å². The van der Waals surface area contributed by atoms with Crippen LogP contribution in [0.25, 0.3) is 23.0 Å². The minimum absolute atomic E-state index is 0.00562. The van der Waals surface area contributed by atoms with Gasteiger partial charge in [-0.1, -0.05) is 29.3 Å². The number of hydrogen-bond acceptors (Lipinski definition) is 4. The molecule has 0 N–H and O–H groups in total. The molecule has 0 unspecified atom stereocenters. The molecule has 0 radical (unpaired) electrons. The van der Waals surface area contributed by atoms with Crippen LogP contribution in [0.5, 0.6) is 0 Å². The molecule has 8 heteroatoms. The summed E-state index contributed by atoms with van der Waals surface area (Å²) in [4.78, 5) is 3.69. The second kappa shape index (κ2) is 5.66. The predicted octanol–water partition coefficient (Wildman–Crippen LogP) is 4.78. The van der Waals surface area contributed by atoms with E-state index in [2.05, 4.69) is 15.2 Å². The second-order valence-corrected chi connectivity index (χ2v) is 5.24. The maximum atomic E-state index is 12.6. The SMILES string of the molecule is Cc1cccc(-c2nnc(-c3ncc(C(F)(F)F)cc3Cl)o2)c1. The van der Waals surface area contributed by atoms with Gasteiger partial charge in [-0.15, -0.1) is 10.2 Å². The number of nitrogens with zero attached hydrogens (tertiary/aromatic N) is 3. The van der Waals surface area contributed by atoms with E-state index in [-0.39, 0.29) is 22.5 Å². The Kier molecular flexibility index (Phi) is 3.81. The molecule has 1 aromatic carbocycles. The molecule has 118 valence electrons. The Balaban J connectivity index is 1.98. The van der Waals surface area contributed by atoms with Crippen molar-refractivity contribution in [2.45, 2.75) is 13.1 Å². The van der Waals surface area contributed by atoms with E-state index in [0.29, 0.717) is 11.8 Å². The zero-order valence-electron chi connectivity index (χ0n) is 11.7. The molecule has 0 amide bonds. The van der Waals surface area contributed by atoms with Crippen molar-refractivity contribution >= 4 is 11.6 Å². The molecule has 3 aromatic rings. The highest BCUT2D eigenvalue weighted by Crippen LogP contribution is 2.34. The Morgan fingerprint density at radius 3 is 2.48 bits per heavy atom. The Labute approximate surface area is 133 Å². The summed E-state index contributed by atoms with van der Waals surface area (Å²) in [6, 6.07) is 8.15. The van der Waals surface area contributed by atoms with Crippen molar-refractivity contribution in [2.24, 2.45) is 0 Å². The van der Waals surface area contributed by atoms with E-state index in [1.165, 1.54) is 0 Å². The number of benzene rings is 1. The summed E-state index contributed by atoms with van der Waals surface area (Å²) in [6.07, 6.45) is -3.84. The molecule has 2 aromatic heterocycles. The number of aryl methyl sites for hydroxylation is 1. The van der Waals surface area contributed by atoms with Gasteiger partial charge in [0.15, 0.2) is 0 Å². The number of pyridine rings is 1. The lowest BCUT2D eigenvalue weighted by molar-refractivity contribution is -0.137. The van der Waals surface area contributed by atoms with Crippen LogP contribution in [0.1, 0.15) is 11.1 Å². The van der Waals surface area contributed by atoms with Crippen molar-refractivity contribution < 1.29 is 17.6 Å². The maximum Gasteiger partial charge on any atom is 0.417 e. The molecule has 0 aliphatic heterocycles. The van der Waals surface area contributed by atoms with Crippen molar-refractivity contribution in [1.29, 1.82) is 0 Å². The molecule has 3 rings (SSSR count). The molecule has 0 atom stereocenters. The highest BCUT2D eigenvalue weighted by Gasteiger charge is 2.32. The lowest BCUT2D eigenvalue weighted by atomic mass is 10.1. The summed E-state index contributed by atoms with van der Waals surface area (Å²) >= 11 is 5.86. The normalized spacial score (nSPS) is 11.7. The first-order valence-electron chi connectivity index (χ1n) is 6.48. The third-order valence-electron chi connectivity index (χ3n) is 3.06. The smallest absolute Gasteiger partial charge is 0.415 e. The topological polar surface area (TPSA) is 51.8 Å². The molecule has 0 spiro atoms. The zero-order valence-corrected chi connectivity index (χ0v) is 12.5. The van der Waals surface area contributed by atoms with Gasteiger partial charge in [0, 0.05) is 11.8 Å². The predicted molar refractivity (Wildman–Crippen MR) is 77.7 cm³/mol. The molecule has 0 aliphatic rings. The molecule has 4 nitrogen and oxygen atoms in total. The minimum atomic E-state index is -4.52. The van der Waals surface area contributed by atoms with Gasteiger partial charge in [0.2, 0.25) is 5.89 Å². The average Bonchev–Trinajstić information content (AvgIpc) is 2.96. The molecule has 0 saturated carbocycles. The lowest BCUT2D eigenvalue weighted by Crippen LogP contribution is -2.05. The van der Waals surface area contributed by atoms with Gasteiger partial charge >= 0.3 is 6.18 Å². The van der Waals surface area contributed by atoms with Crippen LogP contribution >= 0.6 is 11.6 Å². The first-order chi connectivity index (χ1) is 10.8. The fourth-order valence-corrected chi connectivity index (χ4v) is 2.21. The Hall–Kier alpha value is -2.41. The van der Waals surface area contributed by atoms with Crippen LogP contribution in [0, 0.1) is 6.92 Å². The van der Waals surface area contributed by atoms with E-state index in [0.717, 1.165) is 11.6 Å². The number of aromatic nitrogens is 3. The Morgan fingerprint density at radius 2 is 1.83 bits per heavy atom. The van der Waals surface area contributed by atoms with Crippen LogP contribution in [0.3, 0.4) is 0 Å². The summed E-state index contributed by atoms with van der Waals surface area (Å²) in [5, 5.41) is 7.47. The molecular weight excluding hydrogens is 331 g/mol. The standard InChI is InChI=1S/C15H9ClF3N3O/c1-8-3-2-4-9(5-8)13-21-22-14(23-13)12-11(16)6-10(7-20-12)15(17,18)19/h2-7H,1H3. The maximum absolute atomic E-state index is 12.6. The van der Waals surface area contributed by atoms with E-state index in [1.54, 1.807) is 6.07 Å². The van der Waals surface area contributed by atoms with Gasteiger partial charge in [-0.25, -0.2) is 4.98 Å². The first kappa shape index (κ1) is 15.5. The number of halogens is 4.